The molecule has 2 radical (unpaired) electrons. The number of anilines is 1. The van der Waals surface area contributed by atoms with E-state index in [2.05, 4.69) is 6.58 Å². The molecule has 0 saturated heterocycles. The molecule has 0 aromatic heterocycles. The molecule has 13 heavy (non-hydrogen) atoms. The van der Waals surface area contributed by atoms with Crippen LogP contribution >= 0.6 is 0 Å². The Bertz CT molecular complexity index is 372. The standard InChI is InChI=1S/C10H12BNO/c1-5(2)7-4-8(13)6(3)9(11)10(7)12/h4,13H,1,12H2,2-3H3. The van der Waals surface area contributed by atoms with E-state index in [1.54, 1.807) is 13.0 Å². The molecule has 3 N–H and O–H groups in total. The summed E-state index contributed by atoms with van der Waals surface area (Å²) >= 11 is 0. The highest BCUT2D eigenvalue weighted by molar-refractivity contribution is 6.37. The van der Waals surface area contributed by atoms with Gasteiger partial charge in [-0.1, -0.05) is 12.0 Å². The first-order chi connectivity index (χ1) is 5.95. The lowest BCUT2D eigenvalue weighted by molar-refractivity contribution is 0.471. The van der Waals surface area contributed by atoms with Gasteiger partial charge in [0.05, 0.1) is 0 Å². The van der Waals surface area contributed by atoms with E-state index >= 15 is 0 Å². The van der Waals surface area contributed by atoms with E-state index in [0.717, 1.165) is 5.57 Å². The van der Waals surface area contributed by atoms with Gasteiger partial charge in [0.2, 0.25) is 0 Å². The molecule has 0 saturated carbocycles. The maximum Gasteiger partial charge on any atom is 0.118 e. The van der Waals surface area contributed by atoms with Crippen molar-refractivity contribution in [3.63, 3.8) is 0 Å². The Morgan fingerprint density at radius 2 is 2.15 bits per heavy atom. The molecule has 1 aromatic carbocycles. The first-order valence-electron chi connectivity index (χ1n) is 3.98. The molecule has 2 nitrogen and oxygen atoms in total. The Morgan fingerprint density at radius 1 is 1.62 bits per heavy atom. The highest BCUT2D eigenvalue weighted by atomic mass is 16.3. The maximum atomic E-state index is 9.48. The number of phenolic OH excluding ortho intramolecular Hbond substituents is 1. The van der Waals surface area contributed by atoms with Gasteiger partial charge in [0.15, 0.2) is 0 Å². The van der Waals surface area contributed by atoms with Crippen LogP contribution in [0.25, 0.3) is 5.57 Å². The van der Waals surface area contributed by atoms with Gasteiger partial charge in [-0.05, 0) is 31.1 Å². The number of nitrogen functional groups attached to an aromatic ring is 1. The summed E-state index contributed by atoms with van der Waals surface area (Å²) in [5.41, 5.74) is 8.79. The van der Waals surface area contributed by atoms with Gasteiger partial charge in [0.1, 0.15) is 13.6 Å². The van der Waals surface area contributed by atoms with Crippen LogP contribution in [0.15, 0.2) is 12.6 Å². The number of rotatable bonds is 1. The predicted molar refractivity (Wildman–Crippen MR) is 57.4 cm³/mol. The summed E-state index contributed by atoms with van der Waals surface area (Å²) in [6.45, 7) is 7.30. The molecule has 0 atom stereocenters. The fraction of sp³-hybridized carbons (Fsp3) is 0.200. The van der Waals surface area contributed by atoms with Crippen LogP contribution < -0.4 is 11.2 Å². The van der Waals surface area contributed by atoms with E-state index in [0.29, 0.717) is 22.3 Å². The van der Waals surface area contributed by atoms with Gasteiger partial charge in [0, 0.05) is 11.3 Å². The monoisotopic (exact) mass is 173 g/mol. The Hall–Kier alpha value is -1.38. The van der Waals surface area contributed by atoms with Crippen molar-refractivity contribution in [3.05, 3.63) is 23.8 Å². The van der Waals surface area contributed by atoms with Gasteiger partial charge in [0.25, 0.3) is 0 Å². The number of nitrogens with two attached hydrogens (primary N) is 1. The molecule has 1 rings (SSSR count). The van der Waals surface area contributed by atoms with Gasteiger partial charge < -0.3 is 10.8 Å². The van der Waals surface area contributed by atoms with Crippen molar-refractivity contribution in [2.75, 3.05) is 5.73 Å². The highest BCUT2D eigenvalue weighted by Gasteiger charge is 2.08. The molecule has 66 valence electrons. The molecule has 0 bridgehead atoms. The SMILES string of the molecule is [B]c1c(C)c(O)cc(C(=C)C)c1N. The van der Waals surface area contributed by atoms with Crippen LogP contribution in [0.3, 0.4) is 0 Å². The number of hydrogen-bond acceptors (Lipinski definition) is 2. The summed E-state index contributed by atoms with van der Waals surface area (Å²) in [5.74, 6) is 0.157. The van der Waals surface area contributed by atoms with Crippen molar-refractivity contribution in [2.24, 2.45) is 0 Å². The van der Waals surface area contributed by atoms with Gasteiger partial charge in [-0.25, -0.2) is 0 Å². The van der Waals surface area contributed by atoms with Crippen molar-refractivity contribution >= 4 is 24.6 Å². The smallest absolute Gasteiger partial charge is 0.118 e. The lowest BCUT2D eigenvalue weighted by atomic mass is 9.85. The molecule has 0 aliphatic heterocycles. The normalized spacial score (nSPS) is 10.0. The van der Waals surface area contributed by atoms with Crippen molar-refractivity contribution in [2.45, 2.75) is 13.8 Å². The fourth-order valence-corrected chi connectivity index (χ4v) is 1.16. The molecule has 0 aliphatic carbocycles. The largest absolute Gasteiger partial charge is 0.508 e. The molecular formula is C10H12BNO. The lowest BCUT2D eigenvalue weighted by Gasteiger charge is -2.12. The minimum Gasteiger partial charge on any atom is -0.508 e. The first-order valence-corrected chi connectivity index (χ1v) is 3.98. The maximum absolute atomic E-state index is 9.48. The molecule has 0 heterocycles. The van der Waals surface area contributed by atoms with Gasteiger partial charge >= 0.3 is 0 Å². The van der Waals surface area contributed by atoms with E-state index in [1.165, 1.54) is 0 Å². The van der Waals surface area contributed by atoms with Crippen molar-refractivity contribution in [1.29, 1.82) is 0 Å². The molecule has 0 amide bonds. The molecule has 0 unspecified atom stereocenters. The molecule has 0 aliphatic rings. The van der Waals surface area contributed by atoms with Crippen molar-refractivity contribution < 1.29 is 5.11 Å². The van der Waals surface area contributed by atoms with Gasteiger partial charge in [-0.3, -0.25) is 0 Å². The second kappa shape index (κ2) is 3.17. The highest BCUT2D eigenvalue weighted by Crippen LogP contribution is 2.25. The Labute approximate surface area is 79.5 Å². The molecule has 0 fully saturated rings. The van der Waals surface area contributed by atoms with Crippen LogP contribution in [0.5, 0.6) is 5.75 Å². The summed E-state index contributed by atoms with van der Waals surface area (Å²) in [7, 11) is 5.70. The minimum absolute atomic E-state index is 0.157. The third kappa shape index (κ3) is 1.54. The zero-order valence-electron chi connectivity index (χ0n) is 7.89. The Balaban J connectivity index is 3.50. The van der Waals surface area contributed by atoms with Crippen LogP contribution in [0, 0.1) is 6.92 Å². The van der Waals surface area contributed by atoms with Crippen molar-refractivity contribution in [1.82, 2.24) is 0 Å². The van der Waals surface area contributed by atoms with E-state index in [-0.39, 0.29) is 5.75 Å². The quantitative estimate of drug-likeness (QED) is 0.379. The molecular weight excluding hydrogens is 161 g/mol. The number of benzene rings is 1. The van der Waals surface area contributed by atoms with Crippen LogP contribution in [-0.4, -0.2) is 13.0 Å². The Kier molecular flexibility index (Phi) is 2.37. The van der Waals surface area contributed by atoms with Crippen molar-refractivity contribution in [3.8, 4) is 5.75 Å². The predicted octanol–water partition coefficient (Wildman–Crippen LogP) is 1.11. The molecule has 0 spiro atoms. The summed E-state index contributed by atoms with van der Waals surface area (Å²) in [4.78, 5) is 0. The van der Waals surface area contributed by atoms with Crippen LogP contribution in [-0.2, 0) is 0 Å². The van der Waals surface area contributed by atoms with E-state index < -0.39 is 0 Å². The number of phenols is 1. The third-order valence-corrected chi connectivity index (χ3v) is 2.11. The van der Waals surface area contributed by atoms with E-state index in [4.69, 9.17) is 13.6 Å². The van der Waals surface area contributed by atoms with Gasteiger partial charge in [-0.2, -0.15) is 0 Å². The zero-order valence-corrected chi connectivity index (χ0v) is 7.89. The summed E-state index contributed by atoms with van der Waals surface area (Å²) in [6.07, 6.45) is 0. The molecule has 3 heteroatoms. The van der Waals surface area contributed by atoms with E-state index in [9.17, 15) is 5.11 Å². The van der Waals surface area contributed by atoms with Gasteiger partial charge in [-0.15, -0.1) is 0 Å². The van der Waals surface area contributed by atoms with E-state index in [1.807, 2.05) is 6.92 Å². The topological polar surface area (TPSA) is 46.2 Å². The number of allylic oxidation sites excluding steroid dienone is 1. The second-order valence-electron chi connectivity index (χ2n) is 3.18. The average Bonchev–Trinajstić information content (AvgIpc) is 2.07. The number of hydrogen-bond donors (Lipinski definition) is 2. The number of aromatic hydroxyl groups is 1. The first kappa shape index (κ1) is 9.71. The minimum atomic E-state index is 0.157. The Morgan fingerprint density at radius 3 is 2.62 bits per heavy atom. The summed E-state index contributed by atoms with van der Waals surface area (Å²) < 4.78 is 0. The lowest BCUT2D eigenvalue weighted by Crippen LogP contribution is -2.15. The average molecular weight is 173 g/mol. The van der Waals surface area contributed by atoms with Crippen LogP contribution in [0.2, 0.25) is 0 Å². The summed E-state index contributed by atoms with van der Waals surface area (Å²) in [6, 6.07) is 1.59. The zero-order chi connectivity index (χ0) is 10.2. The fourth-order valence-electron chi connectivity index (χ4n) is 1.16. The second-order valence-corrected chi connectivity index (χ2v) is 3.18. The van der Waals surface area contributed by atoms with Crippen LogP contribution in [0.1, 0.15) is 18.1 Å². The summed E-state index contributed by atoms with van der Waals surface area (Å²) in [5, 5.41) is 9.48. The third-order valence-electron chi connectivity index (χ3n) is 2.11. The van der Waals surface area contributed by atoms with Crippen LogP contribution in [0.4, 0.5) is 5.69 Å². The molecule has 1 aromatic rings.